The van der Waals surface area contributed by atoms with Crippen LogP contribution in [0.4, 0.5) is 20.6 Å². The van der Waals surface area contributed by atoms with Crippen LogP contribution in [0.15, 0.2) is 54.2 Å². The molecular weight excluding hydrogens is 447 g/mol. The van der Waals surface area contributed by atoms with E-state index in [9.17, 15) is 14.4 Å². The molecule has 2 N–H and O–H groups in total. The van der Waals surface area contributed by atoms with Gasteiger partial charge in [0.15, 0.2) is 0 Å². The number of fused-ring (bicyclic) bond motifs is 1. The minimum absolute atomic E-state index is 0.0791. The summed E-state index contributed by atoms with van der Waals surface area (Å²) in [6.07, 6.45) is 4.38. The maximum absolute atomic E-state index is 15.2. The zero-order valence-electron chi connectivity index (χ0n) is 20.3. The van der Waals surface area contributed by atoms with E-state index < -0.39 is 30.2 Å². The third kappa shape index (κ3) is 4.82. The van der Waals surface area contributed by atoms with Crippen molar-refractivity contribution in [3.63, 3.8) is 0 Å². The van der Waals surface area contributed by atoms with Crippen LogP contribution in [0.1, 0.15) is 45.2 Å². The van der Waals surface area contributed by atoms with Crippen LogP contribution in [0.3, 0.4) is 0 Å². The lowest BCUT2D eigenvalue weighted by Crippen LogP contribution is -2.45. The number of rotatable bonds is 6. The largest absolute Gasteiger partial charge is 0.362 e. The third-order valence-electron chi connectivity index (χ3n) is 6.16. The molecule has 8 heteroatoms. The van der Waals surface area contributed by atoms with Crippen LogP contribution in [-0.4, -0.2) is 41.4 Å². The topological polar surface area (TPSA) is 81.8 Å². The fourth-order valence-corrected chi connectivity index (χ4v) is 4.59. The molecule has 4 rings (SSSR count). The van der Waals surface area contributed by atoms with Crippen molar-refractivity contribution >= 4 is 40.9 Å². The van der Waals surface area contributed by atoms with Crippen molar-refractivity contribution < 1.29 is 18.8 Å². The van der Waals surface area contributed by atoms with E-state index in [1.165, 1.54) is 12.1 Å². The number of carbonyl (C=O) groups is 3. The van der Waals surface area contributed by atoms with Crippen LogP contribution >= 0.6 is 0 Å². The molecule has 0 saturated carbocycles. The highest BCUT2D eigenvalue weighted by Gasteiger charge is 2.36. The molecule has 2 aromatic carbocycles. The number of allylic oxidation sites excluding steroid dienone is 1. The molecule has 1 saturated heterocycles. The van der Waals surface area contributed by atoms with Gasteiger partial charge in [-0.05, 0) is 63.1 Å². The van der Waals surface area contributed by atoms with E-state index in [-0.39, 0.29) is 16.8 Å². The number of imide groups is 1. The lowest BCUT2D eigenvalue weighted by molar-refractivity contribution is -0.127. The summed E-state index contributed by atoms with van der Waals surface area (Å²) in [5, 5.41) is 5.10. The Morgan fingerprint density at radius 1 is 1.17 bits per heavy atom. The average Bonchev–Trinajstić information content (AvgIpc) is 3.05. The summed E-state index contributed by atoms with van der Waals surface area (Å²) in [5.41, 5.74) is 3.10. The van der Waals surface area contributed by atoms with E-state index in [4.69, 9.17) is 0 Å². The first-order chi connectivity index (χ1) is 16.6. The molecule has 7 nitrogen and oxygen atoms in total. The molecule has 0 bridgehead atoms. The second kappa shape index (κ2) is 9.37. The summed E-state index contributed by atoms with van der Waals surface area (Å²) in [5.74, 6) is -1.69. The maximum Gasteiger partial charge on any atom is 0.329 e. The standard InChI is InChI=1S/C27H29FN4O3/c1-5-11-32-23-14-21(28)18(12-20(23)17(2)15-27(32,3)4)13-22-25(34)31(26(35)30-22)16-24(33)29-19-9-7-6-8-10-19/h6-10,12-15H,5,11,16H2,1-4H3,(H,29,33)(H,30,35)/b22-13+. The van der Waals surface area contributed by atoms with E-state index in [1.807, 2.05) is 13.0 Å². The molecule has 2 aliphatic heterocycles. The molecule has 0 spiro atoms. The van der Waals surface area contributed by atoms with Gasteiger partial charge < -0.3 is 15.5 Å². The fraction of sp³-hybridized carbons (Fsp3) is 0.296. The Morgan fingerprint density at radius 2 is 1.89 bits per heavy atom. The van der Waals surface area contributed by atoms with Crippen LogP contribution in [0.25, 0.3) is 11.6 Å². The molecule has 0 radical (unpaired) electrons. The first-order valence-electron chi connectivity index (χ1n) is 11.6. The normalized spacial score (nSPS) is 17.9. The highest BCUT2D eigenvalue weighted by Crippen LogP contribution is 2.40. The number of carbonyl (C=O) groups excluding carboxylic acids is 3. The van der Waals surface area contributed by atoms with E-state index in [0.717, 1.165) is 34.7 Å². The molecule has 0 atom stereocenters. The van der Waals surface area contributed by atoms with Gasteiger partial charge in [0.1, 0.15) is 18.1 Å². The molecule has 2 aliphatic rings. The Morgan fingerprint density at radius 3 is 2.57 bits per heavy atom. The molecular formula is C27H29FN4O3. The first kappa shape index (κ1) is 24.2. The second-order valence-corrected chi connectivity index (χ2v) is 9.32. The predicted octanol–water partition coefficient (Wildman–Crippen LogP) is 4.77. The number of halogens is 1. The van der Waals surface area contributed by atoms with E-state index >= 15 is 4.39 Å². The number of anilines is 2. The Hall–Kier alpha value is -3.94. The fourth-order valence-electron chi connectivity index (χ4n) is 4.59. The monoisotopic (exact) mass is 476 g/mol. The minimum Gasteiger partial charge on any atom is -0.362 e. The van der Waals surface area contributed by atoms with Crippen LogP contribution in [0.5, 0.6) is 0 Å². The van der Waals surface area contributed by atoms with Gasteiger partial charge in [-0.2, -0.15) is 0 Å². The Labute approximate surface area is 204 Å². The summed E-state index contributed by atoms with van der Waals surface area (Å²) in [4.78, 5) is 40.6. The van der Waals surface area contributed by atoms with Gasteiger partial charge in [0.25, 0.3) is 5.91 Å². The second-order valence-electron chi connectivity index (χ2n) is 9.32. The van der Waals surface area contributed by atoms with Gasteiger partial charge in [0.2, 0.25) is 5.91 Å². The number of hydrogen-bond donors (Lipinski definition) is 2. The van der Waals surface area contributed by atoms with Crippen molar-refractivity contribution in [2.24, 2.45) is 0 Å². The summed E-state index contributed by atoms with van der Waals surface area (Å²) < 4.78 is 15.2. The maximum atomic E-state index is 15.2. The number of benzene rings is 2. The number of nitrogens with one attached hydrogen (secondary N) is 2. The van der Waals surface area contributed by atoms with Gasteiger partial charge in [-0.1, -0.05) is 31.2 Å². The molecule has 0 unspecified atom stereocenters. The van der Waals surface area contributed by atoms with Crippen molar-refractivity contribution in [2.45, 2.75) is 39.7 Å². The Kier molecular flexibility index (Phi) is 6.47. The number of amides is 4. The van der Waals surface area contributed by atoms with Crippen molar-refractivity contribution in [2.75, 3.05) is 23.3 Å². The van der Waals surface area contributed by atoms with Gasteiger partial charge >= 0.3 is 6.03 Å². The quantitative estimate of drug-likeness (QED) is 0.465. The van der Waals surface area contributed by atoms with Gasteiger partial charge in [0, 0.05) is 29.0 Å². The average molecular weight is 477 g/mol. The molecule has 0 aromatic heterocycles. The smallest absolute Gasteiger partial charge is 0.329 e. The van der Waals surface area contributed by atoms with Gasteiger partial charge in [-0.3, -0.25) is 9.59 Å². The lowest BCUT2D eigenvalue weighted by Gasteiger charge is -2.43. The zero-order chi connectivity index (χ0) is 25.3. The zero-order valence-corrected chi connectivity index (χ0v) is 20.3. The molecule has 2 aromatic rings. The summed E-state index contributed by atoms with van der Waals surface area (Å²) >= 11 is 0. The highest BCUT2D eigenvalue weighted by atomic mass is 19.1. The first-order valence-corrected chi connectivity index (χ1v) is 11.6. The Bertz CT molecular complexity index is 1250. The van der Waals surface area contributed by atoms with E-state index in [2.05, 4.69) is 42.4 Å². The molecule has 2 heterocycles. The number of urea groups is 1. The number of para-hydroxylation sites is 1. The molecule has 4 amide bonds. The molecule has 1 fully saturated rings. The van der Waals surface area contributed by atoms with Crippen molar-refractivity contribution in [3.05, 3.63) is 71.2 Å². The molecule has 182 valence electrons. The van der Waals surface area contributed by atoms with Crippen molar-refractivity contribution in [1.82, 2.24) is 10.2 Å². The lowest BCUT2D eigenvalue weighted by atomic mass is 9.87. The van der Waals surface area contributed by atoms with Crippen LogP contribution < -0.4 is 15.5 Å². The third-order valence-corrected chi connectivity index (χ3v) is 6.16. The number of nitrogens with zero attached hydrogens (tertiary/aromatic N) is 2. The van der Waals surface area contributed by atoms with E-state index in [0.29, 0.717) is 5.69 Å². The SMILES string of the molecule is CCCN1c2cc(F)c(/C=C3/NC(=O)N(CC(=O)Nc4ccccc4)C3=O)cc2C(C)=CC1(C)C. The van der Waals surface area contributed by atoms with Crippen LogP contribution in [0.2, 0.25) is 0 Å². The van der Waals surface area contributed by atoms with Crippen molar-refractivity contribution in [3.8, 4) is 0 Å². The Balaban J connectivity index is 1.58. The van der Waals surface area contributed by atoms with Gasteiger partial charge in [0.05, 0.1) is 5.54 Å². The minimum atomic E-state index is -0.727. The number of hydrogen-bond acceptors (Lipinski definition) is 4. The van der Waals surface area contributed by atoms with E-state index in [1.54, 1.807) is 30.3 Å². The van der Waals surface area contributed by atoms with Gasteiger partial charge in [-0.15, -0.1) is 0 Å². The predicted molar refractivity (Wildman–Crippen MR) is 135 cm³/mol. The summed E-state index contributed by atoms with van der Waals surface area (Å²) in [7, 11) is 0. The van der Waals surface area contributed by atoms with Gasteiger partial charge in [-0.25, -0.2) is 14.1 Å². The summed E-state index contributed by atoms with van der Waals surface area (Å²) in [6, 6.07) is 11.2. The highest BCUT2D eigenvalue weighted by molar-refractivity contribution is 6.16. The molecule has 0 aliphatic carbocycles. The van der Waals surface area contributed by atoms with Crippen molar-refractivity contribution in [1.29, 1.82) is 0 Å². The summed E-state index contributed by atoms with van der Waals surface area (Å²) in [6.45, 7) is 8.57. The van der Waals surface area contributed by atoms with Crippen LogP contribution in [0, 0.1) is 5.82 Å². The molecule has 35 heavy (non-hydrogen) atoms. The van der Waals surface area contributed by atoms with Crippen LogP contribution in [-0.2, 0) is 9.59 Å².